The van der Waals surface area contributed by atoms with E-state index in [1.807, 2.05) is 54.6 Å². The highest BCUT2D eigenvalue weighted by atomic mass is 16.5. The molecule has 4 bridgehead atoms. The number of para-hydroxylation sites is 3. The minimum Gasteiger partial charge on any atom is -0.494 e. The summed E-state index contributed by atoms with van der Waals surface area (Å²) >= 11 is 0. The van der Waals surface area contributed by atoms with Crippen LogP contribution in [0, 0.1) is 23.2 Å². The Balaban J connectivity index is 1.13. The van der Waals surface area contributed by atoms with E-state index >= 15 is 0 Å². The number of hydrogen-bond donors (Lipinski definition) is 2. The van der Waals surface area contributed by atoms with Crippen LogP contribution in [0.2, 0.25) is 0 Å². The Morgan fingerprint density at radius 1 is 0.837 bits per heavy atom. The average molecular weight is 665 g/mol. The van der Waals surface area contributed by atoms with Crippen LogP contribution < -0.4 is 25.2 Å². The number of amides is 4. The molecule has 4 saturated carbocycles. The summed E-state index contributed by atoms with van der Waals surface area (Å²) in [5.41, 5.74) is 2.35. The Kier molecular flexibility index (Phi) is 9.29. The zero-order valence-electron chi connectivity index (χ0n) is 27.9. The molecule has 0 radical (unpaired) electrons. The summed E-state index contributed by atoms with van der Waals surface area (Å²) in [7, 11) is 0. The summed E-state index contributed by atoms with van der Waals surface area (Å²) in [6.45, 7) is 2.93. The van der Waals surface area contributed by atoms with E-state index in [1.54, 1.807) is 41.0 Å². The Bertz CT molecular complexity index is 1670. The highest BCUT2D eigenvalue weighted by Crippen LogP contribution is 2.60. The van der Waals surface area contributed by atoms with Crippen molar-refractivity contribution in [1.29, 1.82) is 0 Å². The quantitative estimate of drug-likeness (QED) is 0.132. The molecule has 4 amide bonds. The Hall–Kier alpha value is -4.86. The van der Waals surface area contributed by atoms with Crippen molar-refractivity contribution in [3.05, 3.63) is 78.9 Å². The molecule has 8 rings (SSSR count). The minimum absolute atomic E-state index is 0.00600. The van der Waals surface area contributed by atoms with Gasteiger partial charge in [-0.25, -0.2) is 4.79 Å². The van der Waals surface area contributed by atoms with Crippen LogP contribution in [0.25, 0.3) is 0 Å². The summed E-state index contributed by atoms with van der Waals surface area (Å²) in [4.78, 5) is 57.7. The molecular weight excluding hydrogens is 620 g/mol. The van der Waals surface area contributed by atoms with Crippen molar-refractivity contribution in [3.8, 4) is 5.75 Å². The van der Waals surface area contributed by atoms with Gasteiger partial charge in [0.25, 0.3) is 11.8 Å². The SMILES string of the molecule is CCOC(=O)CCCOc1cccc(NC(=O)NC2C(=O)N(CC34CC5CC(CC(C5)C3)C4)c3ccccc3N(c3ccccc3)C2=O)c1. The molecule has 4 fully saturated rings. The molecule has 256 valence electrons. The van der Waals surface area contributed by atoms with Crippen LogP contribution in [0.15, 0.2) is 78.9 Å². The third kappa shape index (κ3) is 7.00. The Morgan fingerprint density at radius 3 is 2.20 bits per heavy atom. The second kappa shape index (κ2) is 13.9. The monoisotopic (exact) mass is 664 g/mol. The number of urea groups is 1. The van der Waals surface area contributed by atoms with E-state index in [2.05, 4.69) is 10.6 Å². The molecule has 1 atom stereocenters. The summed E-state index contributed by atoms with van der Waals surface area (Å²) < 4.78 is 10.7. The number of carbonyl (C=O) groups is 4. The van der Waals surface area contributed by atoms with E-state index in [0.717, 1.165) is 19.3 Å². The fourth-order valence-electron chi connectivity index (χ4n) is 9.06. The van der Waals surface area contributed by atoms with E-state index in [0.29, 0.717) is 72.4 Å². The smallest absolute Gasteiger partial charge is 0.320 e. The van der Waals surface area contributed by atoms with Crippen LogP contribution in [0.1, 0.15) is 58.3 Å². The maximum atomic E-state index is 14.7. The molecule has 4 aliphatic carbocycles. The van der Waals surface area contributed by atoms with Crippen molar-refractivity contribution in [2.75, 3.05) is 34.9 Å². The van der Waals surface area contributed by atoms with Crippen molar-refractivity contribution in [3.63, 3.8) is 0 Å². The number of rotatable bonds is 11. The van der Waals surface area contributed by atoms with E-state index < -0.39 is 23.9 Å². The molecule has 2 N–H and O–H groups in total. The van der Waals surface area contributed by atoms with Gasteiger partial charge in [0.1, 0.15) is 5.75 Å². The van der Waals surface area contributed by atoms with Gasteiger partial charge in [-0.05, 0) is 111 Å². The second-order valence-electron chi connectivity index (χ2n) is 14.2. The van der Waals surface area contributed by atoms with Crippen molar-refractivity contribution < 1.29 is 28.7 Å². The molecule has 10 nitrogen and oxygen atoms in total. The third-order valence-electron chi connectivity index (χ3n) is 10.5. The number of carbonyl (C=O) groups excluding carboxylic acids is 4. The molecule has 10 heteroatoms. The lowest BCUT2D eigenvalue weighted by Crippen LogP contribution is -2.58. The predicted molar refractivity (Wildman–Crippen MR) is 187 cm³/mol. The lowest BCUT2D eigenvalue weighted by molar-refractivity contribution is -0.143. The van der Waals surface area contributed by atoms with Gasteiger partial charge in [0.15, 0.2) is 6.04 Å². The highest BCUT2D eigenvalue weighted by Gasteiger charge is 2.53. The Morgan fingerprint density at radius 2 is 1.51 bits per heavy atom. The highest BCUT2D eigenvalue weighted by molar-refractivity contribution is 6.24. The predicted octanol–water partition coefficient (Wildman–Crippen LogP) is 6.83. The van der Waals surface area contributed by atoms with Gasteiger partial charge < -0.3 is 25.0 Å². The van der Waals surface area contributed by atoms with Gasteiger partial charge in [-0.1, -0.05) is 36.4 Å². The Labute approximate surface area is 287 Å². The summed E-state index contributed by atoms with van der Waals surface area (Å²) in [5, 5.41) is 5.54. The van der Waals surface area contributed by atoms with Crippen molar-refractivity contribution in [2.24, 2.45) is 23.2 Å². The number of nitrogens with one attached hydrogen (secondary N) is 2. The van der Waals surface area contributed by atoms with Crippen LogP contribution >= 0.6 is 0 Å². The van der Waals surface area contributed by atoms with Gasteiger partial charge in [-0.2, -0.15) is 0 Å². The summed E-state index contributed by atoms with van der Waals surface area (Å²) in [6, 6.07) is 21.5. The maximum Gasteiger partial charge on any atom is 0.320 e. The lowest BCUT2D eigenvalue weighted by Gasteiger charge is -2.57. The summed E-state index contributed by atoms with van der Waals surface area (Å²) in [5.74, 6) is 1.38. The molecule has 1 heterocycles. The molecule has 1 aliphatic heterocycles. The first-order chi connectivity index (χ1) is 23.8. The number of esters is 1. The number of anilines is 4. The van der Waals surface area contributed by atoms with Crippen molar-refractivity contribution in [2.45, 2.75) is 64.3 Å². The van der Waals surface area contributed by atoms with Crippen LogP contribution in [-0.4, -0.2) is 49.6 Å². The number of fused-ring (bicyclic) bond motifs is 1. The van der Waals surface area contributed by atoms with Gasteiger partial charge in [0, 0.05) is 30.4 Å². The largest absolute Gasteiger partial charge is 0.494 e. The first kappa shape index (κ1) is 32.7. The van der Waals surface area contributed by atoms with Gasteiger partial charge in [0.2, 0.25) is 0 Å². The molecule has 0 spiro atoms. The van der Waals surface area contributed by atoms with Crippen LogP contribution in [-0.2, 0) is 19.1 Å². The first-order valence-corrected chi connectivity index (χ1v) is 17.6. The fourth-order valence-corrected chi connectivity index (χ4v) is 9.06. The van der Waals surface area contributed by atoms with E-state index in [9.17, 15) is 19.2 Å². The standard InChI is InChI=1S/C39H44N4O6/c1-2-48-34(44)16-9-17-49-31-13-8-10-29(21-31)40-38(47)41-35-36(45)42(25-39-22-26-18-27(23-39)20-28(19-26)24-39)32-14-6-7-15-33(32)43(37(35)46)30-11-4-3-5-12-30/h3-8,10-15,21,26-28,35H,2,9,16-20,22-25H2,1H3,(H2,40,41,47). The third-order valence-corrected chi connectivity index (χ3v) is 10.5. The lowest BCUT2D eigenvalue weighted by atomic mass is 9.49. The molecular formula is C39H44N4O6. The normalized spacial score (nSPS) is 25.4. The molecule has 49 heavy (non-hydrogen) atoms. The van der Waals surface area contributed by atoms with Crippen LogP contribution in [0.3, 0.4) is 0 Å². The topological polar surface area (TPSA) is 117 Å². The molecule has 5 aliphatic rings. The zero-order valence-corrected chi connectivity index (χ0v) is 27.9. The van der Waals surface area contributed by atoms with Gasteiger partial charge in [-0.3, -0.25) is 19.3 Å². The van der Waals surface area contributed by atoms with Crippen LogP contribution in [0.5, 0.6) is 5.75 Å². The fraction of sp³-hybridized carbons (Fsp3) is 0.436. The first-order valence-electron chi connectivity index (χ1n) is 17.6. The van der Waals surface area contributed by atoms with E-state index in [-0.39, 0.29) is 17.8 Å². The molecule has 1 unspecified atom stereocenters. The van der Waals surface area contributed by atoms with Crippen molar-refractivity contribution >= 4 is 46.6 Å². The molecule has 0 aromatic heterocycles. The van der Waals surface area contributed by atoms with Gasteiger partial charge in [0.05, 0.1) is 24.6 Å². The van der Waals surface area contributed by atoms with E-state index in [1.165, 1.54) is 19.3 Å². The zero-order chi connectivity index (χ0) is 34.0. The molecule has 3 aromatic carbocycles. The van der Waals surface area contributed by atoms with Crippen LogP contribution in [0.4, 0.5) is 27.5 Å². The number of hydrogen-bond acceptors (Lipinski definition) is 6. The van der Waals surface area contributed by atoms with E-state index in [4.69, 9.17) is 9.47 Å². The van der Waals surface area contributed by atoms with Gasteiger partial charge in [-0.15, -0.1) is 0 Å². The minimum atomic E-state index is -1.45. The number of benzene rings is 3. The number of ether oxygens (including phenoxy) is 2. The van der Waals surface area contributed by atoms with Crippen molar-refractivity contribution in [1.82, 2.24) is 5.32 Å². The maximum absolute atomic E-state index is 14.7. The summed E-state index contributed by atoms with van der Waals surface area (Å²) in [6.07, 6.45) is 7.89. The average Bonchev–Trinajstić information content (AvgIpc) is 3.15. The second-order valence-corrected chi connectivity index (χ2v) is 14.2. The molecule has 0 saturated heterocycles. The van der Waals surface area contributed by atoms with Gasteiger partial charge >= 0.3 is 12.0 Å². The molecule has 3 aromatic rings. The number of nitrogens with zero attached hydrogens (tertiary/aromatic N) is 2.